The fraction of sp³-hybridized carbons (Fsp3) is 0.111. The molecule has 0 aliphatic heterocycles. The highest BCUT2D eigenvalue weighted by Crippen LogP contribution is 2.24. The van der Waals surface area contributed by atoms with Gasteiger partial charge in [0.2, 0.25) is 0 Å². The van der Waals surface area contributed by atoms with E-state index in [0.717, 1.165) is 27.7 Å². The number of carboxylic acids is 1. The molecule has 0 saturated carbocycles. The molecule has 3 aromatic rings. The summed E-state index contributed by atoms with van der Waals surface area (Å²) in [5, 5.41) is 10.0. The van der Waals surface area contributed by atoms with Crippen LogP contribution in [0.4, 0.5) is 0 Å². The lowest BCUT2D eigenvalue weighted by Crippen LogP contribution is -2.07. The van der Waals surface area contributed by atoms with Crippen LogP contribution in [0.25, 0.3) is 22.2 Å². The van der Waals surface area contributed by atoms with Gasteiger partial charge in [0.05, 0.1) is 17.1 Å². The SMILES string of the molecule is CC(C(=O)O)c1ccc2nc(-c3ccccc3)ccc2c1. The van der Waals surface area contributed by atoms with Crippen LogP contribution in [0, 0.1) is 0 Å². The van der Waals surface area contributed by atoms with Crippen LogP contribution in [0.3, 0.4) is 0 Å². The van der Waals surface area contributed by atoms with Gasteiger partial charge >= 0.3 is 5.97 Å². The van der Waals surface area contributed by atoms with Crippen molar-refractivity contribution >= 4 is 16.9 Å². The molecule has 0 spiro atoms. The largest absolute Gasteiger partial charge is 0.481 e. The maximum atomic E-state index is 11.1. The second-order valence-electron chi connectivity index (χ2n) is 5.07. The Morgan fingerprint density at radius 3 is 2.52 bits per heavy atom. The number of rotatable bonds is 3. The molecule has 0 fully saturated rings. The minimum absolute atomic E-state index is 0.511. The first-order chi connectivity index (χ1) is 10.1. The van der Waals surface area contributed by atoms with Gasteiger partial charge in [0.25, 0.3) is 0 Å². The Hall–Kier alpha value is -2.68. The minimum atomic E-state index is -0.816. The number of carboxylic acid groups (broad SMARTS) is 1. The lowest BCUT2D eigenvalue weighted by molar-refractivity contribution is -0.138. The summed E-state index contributed by atoms with van der Waals surface area (Å²) in [6.45, 7) is 1.69. The third-order valence-corrected chi connectivity index (χ3v) is 3.65. The van der Waals surface area contributed by atoms with Gasteiger partial charge in [0, 0.05) is 10.9 Å². The first kappa shape index (κ1) is 13.3. The van der Waals surface area contributed by atoms with Crippen LogP contribution in [-0.2, 0) is 4.79 Å². The Bertz CT molecular complexity index is 797. The molecule has 1 heterocycles. The van der Waals surface area contributed by atoms with E-state index in [1.807, 2.05) is 60.7 Å². The number of nitrogens with zero attached hydrogens (tertiary/aromatic N) is 1. The Kier molecular flexibility index (Phi) is 3.40. The smallest absolute Gasteiger partial charge is 0.310 e. The van der Waals surface area contributed by atoms with Crippen molar-refractivity contribution in [2.24, 2.45) is 0 Å². The molecule has 3 heteroatoms. The highest BCUT2D eigenvalue weighted by molar-refractivity contribution is 5.84. The predicted octanol–water partition coefficient (Wildman–Crippen LogP) is 4.09. The van der Waals surface area contributed by atoms with Crippen molar-refractivity contribution in [2.45, 2.75) is 12.8 Å². The van der Waals surface area contributed by atoms with E-state index in [4.69, 9.17) is 5.11 Å². The van der Waals surface area contributed by atoms with Crippen LogP contribution in [0.2, 0.25) is 0 Å². The summed E-state index contributed by atoms with van der Waals surface area (Å²) < 4.78 is 0. The normalized spacial score (nSPS) is 12.2. The summed E-state index contributed by atoms with van der Waals surface area (Å²) in [6, 6.07) is 19.6. The number of carbonyl (C=O) groups is 1. The van der Waals surface area contributed by atoms with Gasteiger partial charge in [0.1, 0.15) is 0 Å². The quantitative estimate of drug-likeness (QED) is 0.784. The van der Waals surface area contributed by atoms with Crippen molar-refractivity contribution in [3.05, 3.63) is 66.2 Å². The van der Waals surface area contributed by atoms with E-state index in [-0.39, 0.29) is 0 Å². The number of aliphatic carboxylic acids is 1. The summed E-state index contributed by atoms with van der Waals surface area (Å²) >= 11 is 0. The van der Waals surface area contributed by atoms with Crippen LogP contribution >= 0.6 is 0 Å². The van der Waals surface area contributed by atoms with Gasteiger partial charge in [-0.1, -0.05) is 42.5 Å². The summed E-state index contributed by atoms with van der Waals surface area (Å²) in [6.07, 6.45) is 0. The van der Waals surface area contributed by atoms with E-state index in [1.54, 1.807) is 6.92 Å². The molecular formula is C18H15NO2. The lowest BCUT2D eigenvalue weighted by atomic mass is 9.99. The third kappa shape index (κ3) is 2.63. The van der Waals surface area contributed by atoms with Crippen LogP contribution in [-0.4, -0.2) is 16.1 Å². The fourth-order valence-corrected chi connectivity index (χ4v) is 2.33. The topological polar surface area (TPSA) is 50.2 Å². The molecule has 0 bridgehead atoms. The summed E-state index contributed by atoms with van der Waals surface area (Å²) in [7, 11) is 0. The number of hydrogen-bond donors (Lipinski definition) is 1. The molecular weight excluding hydrogens is 262 g/mol. The Balaban J connectivity index is 2.04. The molecule has 1 unspecified atom stereocenters. The molecule has 0 saturated heterocycles. The van der Waals surface area contributed by atoms with Gasteiger partial charge in [-0.05, 0) is 30.7 Å². The molecule has 0 aliphatic carbocycles. The van der Waals surface area contributed by atoms with Crippen LogP contribution in [0.1, 0.15) is 18.4 Å². The number of fused-ring (bicyclic) bond motifs is 1. The molecule has 1 atom stereocenters. The Morgan fingerprint density at radius 1 is 1.05 bits per heavy atom. The molecule has 104 valence electrons. The van der Waals surface area contributed by atoms with Crippen molar-refractivity contribution in [1.29, 1.82) is 0 Å². The van der Waals surface area contributed by atoms with Crippen molar-refractivity contribution < 1.29 is 9.90 Å². The molecule has 3 rings (SSSR count). The van der Waals surface area contributed by atoms with E-state index in [9.17, 15) is 4.79 Å². The van der Waals surface area contributed by atoms with Gasteiger partial charge in [-0.15, -0.1) is 0 Å². The molecule has 0 aliphatic rings. The van der Waals surface area contributed by atoms with Crippen molar-refractivity contribution in [3.63, 3.8) is 0 Å². The molecule has 3 nitrogen and oxygen atoms in total. The molecule has 0 amide bonds. The van der Waals surface area contributed by atoms with Crippen LogP contribution in [0.15, 0.2) is 60.7 Å². The molecule has 0 radical (unpaired) electrons. The standard InChI is InChI=1S/C18H15NO2/c1-12(18(20)21)14-7-9-17-15(11-14)8-10-16(19-17)13-5-3-2-4-6-13/h2-12H,1H3,(H,20,21). The van der Waals surface area contributed by atoms with E-state index in [0.29, 0.717) is 0 Å². The fourth-order valence-electron chi connectivity index (χ4n) is 2.33. The van der Waals surface area contributed by atoms with Crippen LogP contribution < -0.4 is 0 Å². The number of hydrogen-bond acceptors (Lipinski definition) is 2. The maximum absolute atomic E-state index is 11.1. The zero-order chi connectivity index (χ0) is 14.8. The molecule has 2 aromatic carbocycles. The Morgan fingerprint density at radius 2 is 1.81 bits per heavy atom. The van der Waals surface area contributed by atoms with E-state index in [2.05, 4.69) is 4.98 Å². The summed E-state index contributed by atoms with van der Waals surface area (Å²) in [5.74, 6) is -1.33. The van der Waals surface area contributed by atoms with Gasteiger partial charge < -0.3 is 5.11 Å². The molecule has 1 N–H and O–H groups in total. The number of pyridine rings is 1. The molecule has 21 heavy (non-hydrogen) atoms. The highest BCUT2D eigenvalue weighted by atomic mass is 16.4. The zero-order valence-electron chi connectivity index (χ0n) is 11.7. The average molecular weight is 277 g/mol. The zero-order valence-corrected chi connectivity index (χ0v) is 11.7. The number of benzene rings is 2. The van der Waals surface area contributed by atoms with E-state index >= 15 is 0 Å². The van der Waals surface area contributed by atoms with Gasteiger partial charge in [0.15, 0.2) is 0 Å². The minimum Gasteiger partial charge on any atom is -0.481 e. The van der Waals surface area contributed by atoms with Crippen LogP contribution in [0.5, 0.6) is 0 Å². The number of aromatic nitrogens is 1. The third-order valence-electron chi connectivity index (χ3n) is 3.65. The van der Waals surface area contributed by atoms with Crippen molar-refractivity contribution in [3.8, 4) is 11.3 Å². The lowest BCUT2D eigenvalue weighted by Gasteiger charge is -2.08. The average Bonchev–Trinajstić information content (AvgIpc) is 2.54. The van der Waals surface area contributed by atoms with E-state index < -0.39 is 11.9 Å². The summed E-state index contributed by atoms with van der Waals surface area (Å²) in [4.78, 5) is 15.7. The summed E-state index contributed by atoms with van der Waals surface area (Å²) in [5.41, 5.74) is 3.66. The van der Waals surface area contributed by atoms with Gasteiger partial charge in [-0.3, -0.25) is 4.79 Å². The highest BCUT2D eigenvalue weighted by Gasteiger charge is 2.14. The predicted molar refractivity (Wildman–Crippen MR) is 83.2 cm³/mol. The van der Waals surface area contributed by atoms with Crippen molar-refractivity contribution in [1.82, 2.24) is 4.98 Å². The van der Waals surface area contributed by atoms with E-state index in [1.165, 1.54) is 0 Å². The second-order valence-corrected chi connectivity index (χ2v) is 5.07. The Labute approximate surface area is 122 Å². The first-order valence-corrected chi connectivity index (χ1v) is 6.84. The second kappa shape index (κ2) is 5.37. The monoisotopic (exact) mass is 277 g/mol. The van der Waals surface area contributed by atoms with Gasteiger partial charge in [-0.2, -0.15) is 0 Å². The maximum Gasteiger partial charge on any atom is 0.310 e. The van der Waals surface area contributed by atoms with Gasteiger partial charge in [-0.25, -0.2) is 4.98 Å². The van der Waals surface area contributed by atoms with Crippen molar-refractivity contribution in [2.75, 3.05) is 0 Å². The molecule has 1 aromatic heterocycles. The first-order valence-electron chi connectivity index (χ1n) is 6.84.